The molecule has 31 heavy (non-hydrogen) atoms. The van der Waals surface area contributed by atoms with E-state index >= 15 is 0 Å². The first-order valence-electron chi connectivity index (χ1n) is 9.36. The third kappa shape index (κ3) is 4.32. The van der Waals surface area contributed by atoms with Crippen LogP contribution in [0.3, 0.4) is 0 Å². The quantitative estimate of drug-likeness (QED) is 0.626. The Morgan fingerprint density at radius 3 is 2.35 bits per heavy atom. The Bertz CT molecular complexity index is 1250. The number of hydrogen-bond donors (Lipinski definition) is 1. The number of benzene rings is 3. The van der Waals surface area contributed by atoms with E-state index in [0.29, 0.717) is 0 Å². The number of nitrogens with one attached hydrogen (secondary N) is 1. The average Bonchev–Trinajstić information content (AvgIpc) is 2.75. The lowest BCUT2D eigenvalue weighted by atomic mass is 9.95. The van der Waals surface area contributed by atoms with E-state index in [9.17, 15) is 22.0 Å². The smallest absolute Gasteiger partial charge is 0.244 e. The molecule has 1 N–H and O–H groups in total. The monoisotopic (exact) mass is 462 g/mol. The molecule has 0 unspecified atom stereocenters. The highest BCUT2D eigenvalue weighted by Gasteiger charge is 2.39. The number of carbonyl (C=O) groups is 1. The Kier molecular flexibility index (Phi) is 5.79. The number of nitrogens with zero attached hydrogens (tertiary/aromatic N) is 1. The van der Waals surface area contributed by atoms with Crippen LogP contribution in [0.4, 0.5) is 14.5 Å². The molecule has 9 heteroatoms. The molecule has 0 bridgehead atoms. The predicted octanol–water partition coefficient (Wildman–Crippen LogP) is 4.37. The van der Waals surface area contributed by atoms with E-state index in [4.69, 9.17) is 11.6 Å². The summed E-state index contributed by atoms with van der Waals surface area (Å²) in [4.78, 5) is 13.0. The summed E-state index contributed by atoms with van der Waals surface area (Å²) in [6.45, 7) is -0.0157. The standard InChI is InChI=1S/C22H17ClF2N2O3S/c23-19-12-17(7-10-20(19)25)26-22(28)21-11-14-3-1-2-4-15(14)13-27(21)31(29,30)18-8-5-16(24)6-9-18/h1-10,12,21H,11,13H2,(H,26,28)/t21-/m1/s1. The number of fused-ring (bicyclic) bond motifs is 1. The Morgan fingerprint density at radius 1 is 1.00 bits per heavy atom. The lowest BCUT2D eigenvalue weighted by molar-refractivity contribution is -0.120. The van der Waals surface area contributed by atoms with Gasteiger partial charge in [-0.05, 0) is 60.0 Å². The largest absolute Gasteiger partial charge is 0.325 e. The normalized spacial score (nSPS) is 16.5. The van der Waals surface area contributed by atoms with Gasteiger partial charge in [-0.2, -0.15) is 4.31 Å². The fourth-order valence-corrected chi connectivity index (χ4v) is 5.26. The number of amides is 1. The Balaban J connectivity index is 1.71. The number of rotatable bonds is 4. The summed E-state index contributed by atoms with van der Waals surface area (Å²) in [5.74, 6) is -1.78. The van der Waals surface area contributed by atoms with Crippen LogP contribution in [0.25, 0.3) is 0 Å². The van der Waals surface area contributed by atoms with Crippen molar-refractivity contribution in [2.24, 2.45) is 0 Å². The summed E-state index contributed by atoms with van der Waals surface area (Å²) in [5.41, 5.74) is 1.88. The van der Waals surface area contributed by atoms with Gasteiger partial charge in [0.25, 0.3) is 0 Å². The van der Waals surface area contributed by atoms with Crippen LogP contribution in [-0.4, -0.2) is 24.7 Å². The fourth-order valence-electron chi connectivity index (χ4n) is 3.52. The lowest BCUT2D eigenvalue weighted by Crippen LogP contribution is -2.50. The third-order valence-corrected chi connectivity index (χ3v) is 7.27. The minimum Gasteiger partial charge on any atom is -0.325 e. The Hall–Kier alpha value is -2.81. The first-order valence-corrected chi connectivity index (χ1v) is 11.2. The fraction of sp³-hybridized carbons (Fsp3) is 0.136. The predicted molar refractivity (Wildman–Crippen MR) is 113 cm³/mol. The maximum Gasteiger partial charge on any atom is 0.244 e. The van der Waals surface area contributed by atoms with Gasteiger partial charge in [0.2, 0.25) is 15.9 Å². The molecule has 160 valence electrons. The Morgan fingerprint density at radius 2 is 1.68 bits per heavy atom. The van der Waals surface area contributed by atoms with Crippen LogP contribution in [0.1, 0.15) is 11.1 Å². The molecule has 1 amide bonds. The first-order chi connectivity index (χ1) is 14.8. The summed E-state index contributed by atoms with van der Waals surface area (Å²) in [7, 11) is -4.10. The van der Waals surface area contributed by atoms with Gasteiger partial charge in [0.15, 0.2) is 0 Å². The van der Waals surface area contributed by atoms with Gasteiger partial charge < -0.3 is 5.32 Å². The molecule has 0 spiro atoms. The summed E-state index contributed by atoms with van der Waals surface area (Å²) >= 11 is 5.78. The van der Waals surface area contributed by atoms with Crippen LogP contribution in [-0.2, 0) is 27.8 Å². The van der Waals surface area contributed by atoms with E-state index in [1.807, 2.05) is 12.1 Å². The number of sulfonamides is 1. The Labute approximate surface area is 183 Å². The van der Waals surface area contributed by atoms with E-state index in [0.717, 1.165) is 33.6 Å². The number of anilines is 1. The van der Waals surface area contributed by atoms with Crippen LogP contribution in [0.15, 0.2) is 71.6 Å². The molecule has 0 radical (unpaired) electrons. The number of hydrogen-bond acceptors (Lipinski definition) is 3. The van der Waals surface area contributed by atoms with Crippen molar-refractivity contribution in [3.8, 4) is 0 Å². The second-order valence-electron chi connectivity index (χ2n) is 7.11. The van der Waals surface area contributed by atoms with Crippen LogP contribution in [0, 0.1) is 11.6 Å². The van der Waals surface area contributed by atoms with Gasteiger partial charge in [-0.1, -0.05) is 35.9 Å². The highest BCUT2D eigenvalue weighted by Crippen LogP contribution is 2.30. The van der Waals surface area contributed by atoms with Crippen LogP contribution in [0.5, 0.6) is 0 Å². The minimum absolute atomic E-state index is 0.0157. The van der Waals surface area contributed by atoms with Gasteiger partial charge in [-0.15, -0.1) is 0 Å². The zero-order valence-electron chi connectivity index (χ0n) is 16.1. The van der Waals surface area contributed by atoms with Gasteiger partial charge in [0, 0.05) is 12.2 Å². The minimum atomic E-state index is -4.10. The maximum atomic E-state index is 13.4. The lowest BCUT2D eigenvalue weighted by Gasteiger charge is -2.35. The molecule has 1 heterocycles. The van der Waals surface area contributed by atoms with Crippen molar-refractivity contribution >= 4 is 33.2 Å². The molecular formula is C22H17ClF2N2O3S. The van der Waals surface area contributed by atoms with Crippen LogP contribution >= 0.6 is 11.6 Å². The van der Waals surface area contributed by atoms with Crippen molar-refractivity contribution in [1.29, 1.82) is 0 Å². The summed E-state index contributed by atoms with van der Waals surface area (Å²) in [6, 6.07) is 14.3. The molecule has 0 saturated heterocycles. The SMILES string of the molecule is O=C(Nc1ccc(F)c(Cl)c1)[C@H]1Cc2ccccc2CN1S(=O)(=O)c1ccc(F)cc1. The second kappa shape index (κ2) is 8.37. The van der Waals surface area contributed by atoms with Crippen LogP contribution in [0.2, 0.25) is 5.02 Å². The number of halogens is 3. The highest BCUT2D eigenvalue weighted by atomic mass is 35.5. The number of carbonyl (C=O) groups excluding carboxylic acids is 1. The molecule has 4 rings (SSSR count). The summed E-state index contributed by atoms with van der Waals surface area (Å²) < 4.78 is 54.5. The zero-order valence-corrected chi connectivity index (χ0v) is 17.6. The van der Waals surface area contributed by atoms with E-state index in [2.05, 4.69) is 5.32 Å². The molecule has 0 aliphatic carbocycles. The van der Waals surface area contributed by atoms with Gasteiger partial charge in [-0.3, -0.25) is 4.79 Å². The molecule has 1 aliphatic heterocycles. The molecule has 3 aromatic carbocycles. The maximum absolute atomic E-state index is 13.4. The molecule has 0 fully saturated rings. The van der Waals surface area contributed by atoms with Gasteiger partial charge in [-0.25, -0.2) is 17.2 Å². The van der Waals surface area contributed by atoms with Crippen molar-refractivity contribution in [3.63, 3.8) is 0 Å². The topological polar surface area (TPSA) is 66.5 Å². The molecule has 1 aliphatic rings. The van der Waals surface area contributed by atoms with Crippen molar-refractivity contribution < 1.29 is 22.0 Å². The van der Waals surface area contributed by atoms with Crippen LogP contribution < -0.4 is 5.32 Å². The van der Waals surface area contributed by atoms with Gasteiger partial charge in [0.05, 0.1) is 9.92 Å². The zero-order chi connectivity index (χ0) is 22.2. The highest BCUT2D eigenvalue weighted by molar-refractivity contribution is 7.89. The average molecular weight is 463 g/mol. The molecule has 0 aromatic heterocycles. The third-order valence-electron chi connectivity index (χ3n) is 5.12. The molecule has 5 nitrogen and oxygen atoms in total. The van der Waals surface area contributed by atoms with E-state index in [1.165, 1.54) is 24.3 Å². The molecule has 3 aromatic rings. The van der Waals surface area contributed by atoms with Gasteiger partial charge in [0.1, 0.15) is 17.7 Å². The molecule has 0 saturated carbocycles. The van der Waals surface area contributed by atoms with E-state index < -0.39 is 33.6 Å². The summed E-state index contributed by atoms with van der Waals surface area (Å²) in [5, 5.41) is 2.45. The summed E-state index contributed by atoms with van der Waals surface area (Å²) in [6.07, 6.45) is 0.150. The molecular weight excluding hydrogens is 446 g/mol. The van der Waals surface area contributed by atoms with E-state index in [1.54, 1.807) is 12.1 Å². The van der Waals surface area contributed by atoms with Crippen molar-refractivity contribution in [1.82, 2.24) is 4.31 Å². The second-order valence-corrected chi connectivity index (χ2v) is 9.41. The van der Waals surface area contributed by atoms with E-state index in [-0.39, 0.29) is 28.6 Å². The molecule has 1 atom stereocenters. The van der Waals surface area contributed by atoms with Crippen molar-refractivity contribution in [3.05, 3.63) is 94.5 Å². The first kappa shape index (κ1) is 21.4. The van der Waals surface area contributed by atoms with Crippen molar-refractivity contribution in [2.45, 2.75) is 23.9 Å². The van der Waals surface area contributed by atoms with Crippen molar-refractivity contribution in [2.75, 3.05) is 5.32 Å². The van der Waals surface area contributed by atoms with Gasteiger partial charge >= 0.3 is 0 Å².